The van der Waals surface area contributed by atoms with Gasteiger partial charge in [-0.2, -0.15) is 5.26 Å². The van der Waals surface area contributed by atoms with Crippen LogP contribution in [0, 0.1) is 16.6 Å². The lowest BCUT2D eigenvalue weighted by atomic mass is 10.0. The number of ether oxygens (including phenoxy) is 1. The van der Waals surface area contributed by atoms with Crippen LogP contribution in [0.15, 0.2) is 0 Å². The second-order valence-electron chi connectivity index (χ2n) is 3.48. The normalized spacial score (nSPS) is 11.8. The highest BCUT2D eigenvalue weighted by Crippen LogP contribution is 2.13. The third kappa shape index (κ3) is 8.31. The third-order valence-electron chi connectivity index (χ3n) is 2.28. The highest BCUT2D eigenvalue weighted by Gasteiger charge is 2.09. The van der Waals surface area contributed by atoms with Gasteiger partial charge in [0.15, 0.2) is 0 Å². The Bertz CT molecular complexity index is 213. The molecule has 0 heterocycles. The fourth-order valence-electron chi connectivity index (χ4n) is 1.24. The number of hydrogen-bond acceptors (Lipinski definition) is 4. The van der Waals surface area contributed by atoms with E-state index < -0.39 is 0 Å². The van der Waals surface area contributed by atoms with Crippen LogP contribution in [0.25, 0.3) is 0 Å². The van der Waals surface area contributed by atoms with Crippen molar-refractivity contribution in [3.63, 3.8) is 0 Å². The average molecular weight is 229 g/mol. The van der Waals surface area contributed by atoms with Gasteiger partial charge in [-0.3, -0.25) is 4.79 Å². The van der Waals surface area contributed by atoms with E-state index in [4.69, 9.17) is 10.00 Å². The summed E-state index contributed by atoms with van der Waals surface area (Å²) in [5.41, 5.74) is 0. The molecular formula is C11H19NO2S. The molecule has 0 aliphatic rings. The number of esters is 1. The van der Waals surface area contributed by atoms with E-state index in [0.717, 1.165) is 24.6 Å². The summed E-state index contributed by atoms with van der Waals surface area (Å²) in [6, 6.07) is 0. The third-order valence-corrected chi connectivity index (χ3v) is 2.79. The number of thioether (sulfide) groups is 1. The zero-order chi connectivity index (χ0) is 11.5. The second kappa shape index (κ2) is 9.85. The largest absolute Gasteiger partial charge is 0.465 e. The van der Waals surface area contributed by atoms with Crippen molar-refractivity contribution in [2.45, 2.75) is 39.5 Å². The summed E-state index contributed by atoms with van der Waals surface area (Å²) in [7, 11) is 0. The Morgan fingerprint density at radius 2 is 2.27 bits per heavy atom. The summed E-state index contributed by atoms with van der Waals surface area (Å²) < 4.78 is 5.08. The molecule has 0 N–H and O–H groups in total. The number of carbonyl (C=O) groups is 1. The zero-order valence-corrected chi connectivity index (χ0v) is 10.3. The summed E-state index contributed by atoms with van der Waals surface area (Å²) in [4.78, 5) is 11.1. The molecule has 15 heavy (non-hydrogen) atoms. The molecule has 3 nitrogen and oxygen atoms in total. The minimum atomic E-state index is -0.281. The van der Waals surface area contributed by atoms with Gasteiger partial charge in [0, 0.05) is 0 Å². The first-order chi connectivity index (χ1) is 7.24. The number of unbranched alkanes of at least 4 members (excludes halogenated alkanes) is 1. The van der Waals surface area contributed by atoms with Crippen molar-refractivity contribution in [2.24, 2.45) is 5.92 Å². The van der Waals surface area contributed by atoms with Crippen molar-refractivity contribution in [1.82, 2.24) is 0 Å². The summed E-state index contributed by atoms with van der Waals surface area (Å²) in [6.07, 6.45) is 4.52. The van der Waals surface area contributed by atoms with Crippen LogP contribution in [0.5, 0.6) is 0 Å². The van der Waals surface area contributed by atoms with Crippen LogP contribution in [0.1, 0.15) is 39.5 Å². The molecule has 86 valence electrons. The van der Waals surface area contributed by atoms with E-state index in [0.29, 0.717) is 12.5 Å². The van der Waals surface area contributed by atoms with Gasteiger partial charge in [0.1, 0.15) is 11.2 Å². The van der Waals surface area contributed by atoms with Crippen LogP contribution >= 0.6 is 11.8 Å². The van der Waals surface area contributed by atoms with E-state index in [-0.39, 0.29) is 11.7 Å². The number of nitrogens with zero attached hydrogens (tertiary/aromatic N) is 1. The molecule has 0 radical (unpaired) electrons. The van der Waals surface area contributed by atoms with Gasteiger partial charge >= 0.3 is 5.97 Å². The molecule has 4 heteroatoms. The van der Waals surface area contributed by atoms with E-state index in [2.05, 4.69) is 13.8 Å². The lowest BCUT2D eigenvalue weighted by Gasteiger charge is -2.13. The molecule has 0 aliphatic heterocycles. The molecular weight excluding hydrogens is 210 g/mol. The van der Waals surface area contributed by atoms with Gasteiger partial charge < -0.3 is 4.74 Å². The van der Waals surface area contributed by atoms with Gasteiger partial charge in [-0.1, -0.05) is 33.1 Å². The Morgan fingerprint density at radius 1 is 1.53 bits per heavy atom. The maximum Gasteiger partial charge on any atom is 0.316 e. The molecule has 0 bridgehead atoms. The first-order valence-corrected chi connectivity index (χ1v) is 6.39. The summed E-state index contributed by atoms with van der Waals surface area (Å²) in [5, 5.41) is 10.1. The minimum Gasteiger partial charge on any atom is -0.465 e. The van der Waals surface area contributed by atoms with Crippen molar-refractivity contribution >= 4 is 17.7 Å². The highest BCUT2D eigenvalue weighted by molar-refractivity contribution is 8.04. The van der Waals surface area contributed by atoms with Crippen LogP contribution in [0.3, 0.4) is 0 Å². The van der Waals surface area contributed by atoms with E-state index in [1.54, 1.807) is 0 Å². The molecule has 0 fully saturated rings. The molecule has 0 spiro atoms. The summed E-state index contributed by atoms with van der Waals surface area (Å²) in [6.45, 7) is 4.77. The minimum absolute atomic E-state index is 0.140. The number of hydrogen-bond donors (Lipinski definition) is 0. The van der Waals surface area contributed by atoms with Crippen molar-refractivity contribution in [3.05, 3.63) is 0 Å². The molecule has 0 saturated carbocycles. The van der Waals surface area contributed by atoms with Crippen LogP contribution < -0.4 is 0 Å². The molecule has 0 unspecified atom stereocenters. The first kappa shape index (κ1) is 14.3. The Balaban J connectivity index is 3.61. The van der Waals surface area contributed by atoms with E-state index in [9.17, 15) is 4.79 Å². The maximum atomic E-state index is 11.1. The van der Waals surface area contributed by atoms with Crippen molar-refractivity contribution in [2.75, 3.05) is 12.4 Å². The summed E-state index contributed by atoms with van der Waals surface area (Å²) >= 11 is 0.924. The Kier molecular flexibility index (Phi) is 9.40. The standard InChI is InChI=1S/C11H19NO2S/c1-3-5-6-10(4-2)7-14-11(13)8-15-9-12/h10H,3-8H2,1-2H3/t10-/m1/s1. The van der Waals surface area contributed by atoms with E-state index >= 15 is 0 Å². The molecule has 1 atom stereocenters. The van der Waals surface area contributed by atoms with Crippen molar-refractivity contribution < 1.29 is 9.53 Å². The number of nitriles is 1. The number of thiocyanates is 1. The predicted octanol–water partition coefficient (Wildman–Crippen LogP) is 2.96. The van der Waals surface area contributed by atoms with Gasteiger partial charge in [-0.15, -0.1) is 0 Å². The molecule has 0 saturated heterocycles. The van der Waals surface area contributed by atoms with Gasteiger partial charge in [-0.05, 0) is 24.1 Å². The quantitative estimate of drug-likeness (QED) is 0.474. The smallest absolute Gasteiger partial charge is 0.316 e. The molecule has 0 rings (SSSR count). The topological polar surface area (TPSA) is 50.1 Å². The second-order valence-corrected chi connectivity index (χ2v) is 4.24. The lowest BCUT2D eigenvalue weighted by molar-refractivity contribution is -0.141. The molecule has 0 aromatic carbocycles. The number of carbonyl (C=O) groups excluding carboxylic acids is 1. The Labute approximate surface area is 96.2 Å². The first-order valence-electron chi connectivity index (χ1n) is 5.41. The van der Waals surface area contributed by atoms with Gasteiger partial charge in [-0.25, -0.2) is 0 Å². The fourth-order valence-corrected chi connectivity index (χ4v) is 1.51. The zero-order valence-electron chi connectivity index (χ0n) is 9.49. The predicted molar refractivity (Wildman–Crippen MR) is 62.3 cm³/mol. The van der Waals surface area contributed by atoms with E-state index in [1.807, 2.05) is 5.40 Å². The highest BCUT2D eigenvalue weighted by atomic mass is 32.2. The molecule has 0 aromatic heterocycles. The Hall–Kier alpha value is -0.690. The van der Waals surface area contributed by atoms with Crippen molar-refractivity contribution in [3.8, 4) is 5.40 Å². The Morgan fingerprint density at radius 3 is 2.80 bits per heavy atom. The van der Waals surface area contributed by atoms with Crippen molar-refractivity contribution in [1.29, 1.82) is 5.26 Å². The van der Waals surface area contributed by atoms with Gasteiger partial charge in [0.25, 0.3) is 0 Å². The van der Waals surface area contributed by atoms with Crippen LogP contribution in [-0.4, -0.2) is 18.3 Å². The maximum absolute atomic E-state index is 11.1. The fraction of sp³-hybridized carbons (Fsp3) is 0.818. The molecule has 0 aliphatic carbocycles. The summed E-state index contributed by atoms with van der Waals surface area (Å²) in [5.74, 6) is 0.332. The van der Waals surface area contributed by atoms with Crippen LogP contribution in [0.2, 0.25) is 0 Å². The van der Waals surface area contributed by atoms with Gasteiger partial charge in [0.05, 0.1) is 6.61 Å². The van der Waals surface area contributed by atoms with Crippen LogP contribution in [0.4, 0.5) is 0 Å². The lowest BCUT2D eigenvalue weighted by Crippen LogP contribution is -2.15. The van der Waals surface area contributed by atoms with Gasteiger partial charge in [0.2, 0.25) is 0 Å². The molecule has 0 amide bonds. The van der Waals surface area contributed by atoms with E-state index in [1.165, 1.54) is 12.8 Å². The monoisotopic (exact) mass is 229 g/mol. The SMILES string of the molecule is CCCC[C@@H](CC)COC(=O)CSC#N. The number of rotatable bonds is 8. The average Bonchev–Trinajstić information content (AvgIpc) is 2.26. The molecule has 0 aromatic rings. The van der Waals surface area contributed by atoms with Crippen LogP contribution in [-0.2, 0) is 9.53 Å².